The summed E-state index contributed by atoms with van der Waals surface area (Å²) in [5, 5.41) is 2.68. The Morgan fingerprint density at radius 1 is 0.964 bits per heavy atom. The fourth-order valence-electron chi connectivity index (χ4n) is 2.39. The molecule has 0 heterocycles. The number of carbonyl (C=O) groups is 2. The second-order valence-electron chi connectivity index (χ2n) is 5.73. The Balaban J connectivity index is 2.02. The number of carbonyl (C=O) groups excluding carboxylic acids is 2. The lowest BCUT2D eigenvalue weighted by molar-refractivity contribution is -0.148. The molecule has 28 heavy (non-hydrogen) atoms. The third-order valence-corrected chi connectivity index (χ3v) is 3.80. The highest BCUT2D eigenvalue weighted by atomic mass is 16.5. The lowest BCUT2D eigenvalue weighted by atomic mass is 10.1. The smallest absolute Gasteiger partial charge is 0.331 e. The number of rotatable bonds is 8. The van der Waals surface area contributed by atoms with Crippen LogP contribution in [0.1, 0.15) is 12.5 Å². The Bertz CT molecular complexity index is 822. The molecule has 0 radical (unpaired) electrons. The van der Waals surface area contributed by atoms with Crippen molar-refractivity contribution in [2.45, 2.75) is 13.0 Å². The van der Waals surface area contributed by atoms with Gasteiger partial charge in [-0.25, -0.2) is 4.79 Å². The number of amides is 1. The number of hydrogen-bond donors (Lipinski definition) is 1. The van der Waals surface area contributed by atoms with Crippen molar-refractivity contribution in [2.75, 3.05) is 26.6 Å². The van der Waals surface area contributed by atoms with Crippen LogP contribution in [0.5, 0.6) is 17.2 Å². The standard InChI is InChI=1S/C21H23NO6/c1-14(21(24)22-16-8-6-5-7-9-16)28-19(23)11-10-15-12-17(25-2)20(27-4)18(13-15)26-3/h5-14H,1-4H3,(H,22,24)/b11-10+/t14-/m1/s1. The van der Waals surface area contributed by atoms with Crippen molar-refractivity contribution in [3.63, 3.8) is 0 Å². The molecule has 1 N–H and O–H groups in total. The topological polar surface area (TPSA) is 83.1 Å². The average molecular weight is 385 g/mol. The predicted molar refractivity (Wildman–Crippen MR) is 106 cm³/mol. The van der Waals surface area contributed by atoms with Crippen LogP contribution in [0.4, 0.5) is 5.69 Å². The van der Waals surface area contributed by atoms with Gasteiger partial charge in [-0.1, -0.05) is 18.2 Å². The predicted octanol–water partition coefficient (Wildman–Crippen LogP) is 3.30. The number of anilines is 1. The monoisotopic (exact) mass is 385 g/mol. The summed E-state index contributed by atoms with van der Waals surface area (Å²) in [6, 6.07) is 12.3. The van der Waals surface area contributed by atoms with Crippen molar-refractivity contribution in [3.8, 4) is 17.2 Å². The van der Waals surface area contributed by atoms with Gasteiger partial charge in [0, 0.05) is 11.8 Å². The van der Waals surface area contributed by atoms with Crippen LogP contribution in [-0.2, 0) is 14.3 Å². The molecule has 0 fully saturated rings. The van der Waals surface area contributed by atoms with Gasteiger partial charge in [-0.15, -0.1) is 0 Å². The molecule has 0 saturated heterocycles. The molecule has 7 nitrogen and oxygen atoms in total. The zero-order valence-corrected chi connectivity index (χ0v) is 16.2. The molecule has 0 aliphatic carbocycles. The first-order valence-corrected chi connectivity index (χ1v) is 8.53. The van der Waals surface area contributed by atoms with Gasteiger partial charge < -0.3 is 24.3 Å². The van der Waals surface area contributed by atoms with Crippen LogP contribution in [0, 0.1) is 0 Å². The third kappa shape index (κ3) is 5.51. The minimum Gasteiger partial charge on any atom is -0.493 e. The Hall–Kier alpha value is -3.48. The highest BCUT2D eigenvalue weighted by molar-refractivity contribution is 5.96. The maximum absolute atomic E-state index is 12.1. The van der Waals surface area contributed by atoms with Gasteiger partial charge in [0.15, 0.2) is 17.6 Å². The van der Waals surface area contributed by atoms with E-state index in [0.717, 1.165) is 0 Å². The lowest BCUT2D eigenvalue weighted by Gasteiger charge is -2.13. The molecule has 0 aliphatic rings. The van der Waals surface area contributed by atoms with Gasteiger partial charge >= 0.3 is 5.97 Å². The first-order valence-electron chi connectivity index (χ1n) is 8.53. The molecule has 1 amide bonds. The highest BCUT2D eigenvalue weighted by Crippen LogP contribution is 2.38. The molecule has 2 aromatic rings. The molecular formula is C21H23NO6. The molecule has 0 spiro atoms. The van der Waals surface area contributed by atoms with Gasteiger partial charge in [0.25, 0.3) is 5.91 Å². The summed E-state index contributed by atoms with van der Waals surface area (Å²) < 4.78 is 20.9. The summed E-state index contributed by atoms with van der Waals surface area (Å²) in [7, 11) is 4.52. The van der Waals surface area contributed by atoms with E-state index in [1.807, 2.05) is 6.07 Å². The second-order valence-corrected chi connectivity index (χ2v) is 5.73. The Morgan fingerprint density at radius 3 is 2.11 bits per heavy atom. The van der Waals surface area contributed by atoms with Crippen LogP contribution in [0.15, 0.2) is 48.5 Å². The fraction of sp³-hybridized carbons (Fsp3) is 0.238. The van der Waals surface area contributed by atoms with Crippen molar-refractivity contribution >= 4 is 23.6 Å². The summed E-state index contributed by atoms with van der Waals surface area (Å²) in [5.41, 5.74) is 1.27. The van der Waals surface area contributed by atoms with Crippen LogP contribution in [0.25, 0.3) is 6.08 Å². The van der Waals surface area contributed by atoms with Gasteiger partial charge in [-0.3, -0.25) is 4.79 Å². The Kier molecular flexibility index (Phi) is 7.45. The zero-order valence-electron chi connectivity index (χ0n) is 16.2. The zero-order chi connectivity index (χ0) is 20.5. The van der Waals surface area contributed by atoms with E-state index in [1.54, 1.807) is 36.4 Å². The van der Waals surface area contributed by atoms with Crippen molar-refractivity contribution in [1.82, 2.24) is 0 Å². The fourth-order valence-corrected chi connectivity index (χ4v) is 2.39. The number of hydrogen-bond acceptors (Lipinski definition) is 6. The maximum Gasteiger partial charge on any atom is 0.331 e. The van der Waals surface area contributed by atoms with E-state index in [4.69, 9.17) is 18.9 Å². The molecule has 0 aromatic heterocycles. The molecule has 0 unspecified atom stereocenters. The van der Waals surface area contributed by atoms with Crippen LogP contribution >= 0.6 is 0 Å². The molecule has 0 saturated carbocycles. The van der Waals surface area contributed by atoms with Crippen LogP contribution in [-0.4, -0.2) is 39.3 Å². The molecule has 2 aromatic carbocycles. The normalized spacial score (nSPS) is 11.6. The van der Waals surface area contributed by atoms with Crippen molar-refractivity contribution < 1.29 is 28.5 Å². The minimum absolute atomic E-state index is 0.416. The number of ether oxygens (including phenoxy) is 4. The minimum atomic E-state index is -0.947. The highest BCUT2D eigenvalue weighted by Gasteiger charge is 2.17. The number of esters is 1. The summed E-state index contributed by atoms with van der Waals surface area (Å²) in [6.07, 6.45) is 1.82. The first kappa shape index (κ1) is 20.8. The number of benzene rings is 2. The van der Waals surface area contributed by atoms with E-state index in [2.05, 4.69) is 5.32 Å². The second kappa shape index (κ2) is 10.0. The van der Waals surface area contributed by atoms with E-state index in [9.17, 15) is 9.59 Å². The summed E-state index contributed by atoms with van der Waals surface area (Å²) in [4.78, 5) is 24.1. The summed E-state index contributed by atoms with van der Waals surface area (Å²) in [5.74, 6) is 0.317. The first-order chi connectivity index (χ1) is 13.5. The summed E-state index contributed by atoms with van der Waals surface area (Å²) in [6.45, 7) is 1.50. The van der Waals surface area contributed by atoms with Crippen molar-refractivity contribution in [1.29, 1.82) is 0 Å². The van der Waals surface area contributed by atoms with Gasteiger partial charge in [0.2, 0.25) is 5.75 Å². The van der Waals surface area contributed by atoms with Crippen LogP contribution < -0.4 is 19.5 Å². The average Bonchev–Trinajstić information content (AvgIpc) is 2.71. The quantitative estimate of drug-likeness (QED) is 0.555. The molecule has 2 rings (SSSR count). The lowest BCUT2D eigenvalue weighted by Crippen LogP contribution is -2.29. The SMILES string of the molecule is COc1cc(/C=C/C(=O)O[C@H](C)C(=O)Nc2ccccc2)cc(OC)c1OC. The van der Waals surface area contributed by atoms with Crippen molar-refractivity contribution in [3.05, 3.63) is 54.1 Å². The van der Waals surface area contributed by atoms with E-state index < -0.39 is 18.0 Å². The molecular weight excluding hydrogens is 362 g/mol. The Morgan fingerprint density at radius 2 is 1.57 bits per heavy atom. The van der Waals surface area contributed by atoms with Gasteiger partial charge in [0.05, 0.1) is 21.3 Å². The maximum atomic E-state index is 12.1. The largest absolute Gasteiger partial charge is 0.493 e. The Labute approximate surface area is 163 Å². The molecule has 7 heteroatoms. The molecule has 148 valence electrons. The number of nitrogens with one attached hydrogen (secondary N) is 1. The van der Waals surface area contributed by atoms with Crippen LogP contribution in [0.3, 0.4) is 0 Å². The van der Waals surface area contributed by atoms with Crippen LogP contribution in [0.2, 0.25) is 0 Å². The van der Waals surface area contributed by atoms with E-state index >= 15 is 0 Å². The van der Waals surface area contributed by atoms with E-state index in [1.165, 1.54) is 40.4 Å². The molecule has 0 aliphatic heterocycles. The van der Waals surface area contributed by atoms with Gasteiger partial charge in [-0.05, 0) is 42.8 Å². The van der Waals surface area contributed by atoms with Crippen molar-refractivity contribution in [2.24, 2.45) is 0 Å². The third-order valence-electron chi connectivity index (χ3n) is 3.80. The molecule has 1 atom stereocenters. The van der Waals surface area contributed by atoms with E-state index in [-0.39, 0.29) is 0 Å². The number of para-hydroxylation sites is 1. The van der Waals surface area contributed by atoms with E-state index in [0.29, 0.717) is 28.5 Å². The molecule has 0 bridgehead atoms. The number of methoxy groups -OCH3 is 3. The van der Waals surface area contributed by atoms with Gasteiger partial charge in [0.1, 0.15) is 0 Å². The summed E-state index contributed by atoms with van der Waals surface area (Å²) >= 11 is 0. The van der Waals surface area contributed by atoms with Gasteiger partial charge in [-0.2, -0.15) is 0 Å².